The van der Waals surface area contributed by atoms with E-state index in [4.69, 9.17) is 10.4 Å². The lowest BCUT2D eigenvalue weighted by Crippen LogP contribution is -2.17. The van der Waals surface area contributed by atoms with Crippen molar-refractivity contribution >= 4 is 11.3 Å². The van der Waals surface area contributed by atoms with Crippen molar-refractivity contribution in [3.8, 4) is 6.07 Å². The highest BCUT2D eigenvalue weighted by Gasteiger charge is 1.99. The number of hydrogen-bond donors (Lipinski definition) is 2. The number of aliphatic hydroxyl groups excluding tert-OH is 1. The third-order valence-electron chi connectivity index (χ3n) is 1.82. The fourth-order valence-corrected chi connectivity index (χ4v) is 1.83. The van der Waals surface area contributed by atoms with Crippen LogP contribution in [0.2, 0.25) is 0 Å². The topological polar surface area (TPSA) is 56.0 Å². The van der Waals surface area contributed by atoms with Gasteiger partial charge in [0.05, 0.1) is 11.7 Å². The van der Waals surface area contributed by atoms with Gasteiger partial charge >= 0.3 is 0 Å². The van der Waals surface area contributed by atoms with Gasteiger partial charge in [0.1, 0.15) is 6.07 Å². The number of aliphatic hydroxyl groups is 1. The molecule has 0 bridgehead atoms. The van der Waals surface area contributed by atoms with Gasteiger partial charge in [-0.2, -0.15) is 5.26 Å². The largest absolute Gasteiger partial charge is 0.393 e. The highest BCUT2D eigenvalue weighted by Crippen LogP contribution is 2.13. The van der Waals surface area contributed by atoms with Crippen molar-refractivity contribution in [3.05, 3.63) is 21.9 Å². The Kier molecular flexibility index (Phi) is 4.60. The summed E-state index contributed by atoms with van der Waals surface area (Å²) in [6.07, 6.45) is 0.511. The maximum absolute atomic E-state index is 9.01. The third kappa shape index (κ3) is 3.88. The molecule has 76 valence electrons. The minimum Gasteiger partial charge on any atom is -0.393 e. The van der Waals surface area contributed by atoms with Crippen molar-refractivity contribution in [2.24, 2.45) is 0 Å². The molecule has 3 nitrogen and oxygen atoms in total. The van der Waals surface area contributed by atoms with Gasteiger partial charge in [0.15, 0.2) is 0 Å². The van der Waals surface area contributed by atoms with Crippen LogP contribution in [0.15, 0.2) is 11.4 Å². The Morgan fingerprint density at radius 3 is 3.07 bits per heavy atom. The van der Waals surface area contributed by atoms with E-state index in [9.17, 15) is 0 Å². The summed E-state index contributed by atoms with van der Waals surface area (Å²) in [5.74, 6) is 0. The van der Waals surface area contributed by atoms with Gasteiger partial charge in [0, 0.05) is 16.8 Å². The molecular weight excluding hydrogens is 196 g/mol. The van der Waals surface area contributed by atoms with Crippen LogP contribution in [-0.4, -0.2) is 17.8 Å². The van der Waals surface area contributed by atoms with Crippen LogP contribution in [0.4, 0.5) is 0 Å². The Hall–Kier alpha value is -0.890. The van der Waals surface area contributed by atoms with Gasteiger partial charge in [-0.25, -0.2) is 0 Å². The van der Waals surface area contributed by atoms with Crippen LogP contribution in [0.3, 0.4) is 0 Å². The Morgan fingerprint density at radius 1 is 1.71 bits per heavy atom. The standard InChI is InChI=1S/C10H14N2OS/c1-8(13)2-3-12-6-10-4-9(5-11)7-14-10/h4,7-8,12-13H,2-3,6H2,1H3. The molecule has 14 heavy (non-hydrogen) atoms. The number of hydrogen-bond acceptors (Lipinski definition) is 4. The first kappa shape index (κ1) is 11.2. The number of nitrogens with one attached hydrogen (secondary N) is 1. The molecule has 1 atom stereocenters. The second-order valence-corrected chi connectivity index (χ2v) is 4.22. The summed E-state index contributed by atoms with van der Waals surface area (Å²) in [7, 11) is 0. The van der Waals surface area contributed by atoms with Crippen LogP contribution in [0.25, 0.3) is 0 Å². The van der Waals surface area contributed by atoms with Crippen LogP contribution in [0.5, 0.6) is 0 Å². The lowest BCUT2D eigenvalue weighted by Gasteiger charge is -2.04. The average Bonchev–Trinajstić information content (AvgIpc) is 2.60. The molecule has 1 heterocycles. The maximum Gasteiger partial charge on any atom is 0.100 e. The van der Waals surface area contributed by atoms with Crippen molar-refractivity contribution in [1.29, 1.82) is 5.26 Å². The van der Waals surface area contributed by atoms with Gasteiger partial charge in [-0.05, 0) is 26.0 Å². The van der Waals surface area contributed by atoms with Crippen molar-refractivity contribution < 1.29 is 5.11 Å². The van der Waals surface area contributed by atoms with E-state index in [1.807, 2.05) is 11.4 Å². The van der Waals surface area contributed by atoms with E-state index in [0.717, 1.165) is 30.0 Å². The van der Waals surface area contributed by atoms with Crippen LogP contribution in [-0.2, 0) is 6.54 Å². The highest BCUT2D eigenvalue weighted by atomic mass is 32.1. The fourth-order valence-electron chi connectivity index (χ4n) is 1.05. The second kappa shape index (κ2) is 5.76. The fraction of sp³-hybridized carbons (Fsp3) is 0.500. The summed E-state index contributed by atoms with van der Waals surface area (Å²) in [5.41, 5.74) is 0.724. The Bertz CT molecular complexity index is 314. The number of nitriles is 1. The first-order valence-electron chi connectivity index (χ1n) is 4.58. The van der Waals surface area contributed by atoms with Gasteiger partial charge in [0.2, 0.25) is 0 Å². The maximum atomic E-state index is 9.01. The quantitative estimate of drug-likeness (QED) is 0.724. The van der Waals surface area contributed by atoms with E-state index in [1.165, 1.54) is 0 Å². The first-order chi connectivity index (χ1) is 6.72. The van der Waals surface area contributed by atoms with E-state index in [1.54, 1.807) is 18.3 Å². The van der Waals surface area contributed by atoms with Crippen molar-refractivity contribution in [1.82, 2.24) is 5.32 Å². The molecule has 0 saturated carbocycles. The molecule has 1 unspecified atom stereocenters. The summed E-state index contributed by atoms with van der Waals surface area (Å²) >= 11 is 1.59. The summed E-state index contributed by atoms with van der Waals surface area (Å²) in [5, 5.41) is 22.7. The van der Waals surface area contributed by atoms with E-state index >= 15 is 0 Å². The molecule has 0 radical (unpaired) electrons. The molecule has 1 aromatic rings. The predicted molar refractivity (Wildman–Crippen MR) is 57.0 cm³/mol. The molecule has 2 N–H and O–H groups in total. The highest BCUT2D eigenvalue weighted by molar-refractivity contribution is 7.10. The smallest absolute Gasteiger partial charge is 0.100 e. The van der Waals surface area contributed by atoms with Gasteiger partial charge < -0.3 is 10.4 Å². The average molecular weight is 210 g/mol. The molecule has 1 rings (SSSR count). The minimum absolute atomic E-state index is 0.250. The zero-order valence-electron chi connectivity index (χ0n) is 8.16. The molecule has 0 aliphatic rings. The van der Waals surface area contributed by atoms with Crippen LogP contribution < -0.4 is 5.32 Å². The summed E-state index contributed by atoms with van der Waals surface area (Å²) in [6.45, 7) is 3.36. The molecular formula is C10H14N2OS. The normalized spacial score (nSPS) is 12.4. The molecule has 0 amide bonds. The van der Waals surface area contributed by atoms with Crippen LogP contribution >= 0.6 is 11.3 Å². The van der Waals surface area contributed by atoms with Crippen molar-refractivity contribution in [3.63, 3.8) is 0 Å². The van der Waals surface area contributed by atoms with Gasteiger partial charge in [-0.15, -0.1) is 11.3 Å². The van der Waals surface area contributed by atoms with Crippen molar-refractivity contribution in [2.45, 2.75) is 26.0 Å². The number of thiophene rings is 1. The van der Waals surface area contributed by atoms with E-state index in [2.05, 4.69) is 11.4 Å². The lowest BCUT2D eigenvalue weighted by molar-refractivity contribution is 0.183. The summed E-state index contributed by atoms with van der Waals surface area (Å²) in [6, 6.07) is 3.99. The zero-order valence-corrected chi connectivity index (χ0v) is 8.97. The van der Waals surface area contributed by atoms with Crippen LogP contribution in [0, 0.1) is 11.3 Å². The van der Waals surface area contributed by atoms with Gasteiger partial charge in [0.25, 0.3) is 0 Å². The van der Waals surface area contributed by atoms with Gasteiger partial charge in [-0.1, -0.05) is 0 Å². The number of nitrogens with zero attached hydrogens (tertiary/aromatic N) is 1. The molecule has 0 spiro atoms. The monoisotopic (exact) mass is 210 g/mol. The lowest BCUT2D eigenvalue weighted by atomic mass is 10.3. The molecule has 0 aliphatic carbocycles. The Labute approximate surface area is 88.0 Å². The van der Waals surface area contributed by atoms with Crippen molar-refractivity contribution in [2.75, 3.05) is 6.54 Å². The Balaban J connectivity index is 2.22. The van der Waals surface area contributed by atoms with E-state index in [0.29, 0.717) is 0 Å². The summed E-state index contributed by atoms with van der Waals surface area (Å²) < 4.78 is 0. The second-order valence-electron chi connectivity index (χ2n) is 3.23. The summed E-state index contributed by atoms with van der Waals surface area (Å²) in [4.78, 5) is 1.16. The SMILES string of the molecule is CC(O)CCNCc1cc(C#N)cs1. The first-order valence-corrected chi connectivity index (χ1v) is 5.46. The van der Waals surface area contributed by atoms with E-state index in [-0.39, 0.29) is 6.10 Å². The predicted octanol–water partition coefficient (Wildman–Crippen LogP) is 1.48. The molecule has 0 saturated heterocycles. The molecule has 0 aromatic carbocycles. The zero-order chi connectivity index (χ0) is 10.4. The van der Waals surface area contributed by atoms with E-state index < -0.39 is 0 Å². The van der Waals surface area contributed by atoms with Gasteiger partial charge in [-0.3, -0.25) is 0 Å². The van der Waals surface area contributed by atoms with Crippen LogP contribution in [0.1, 0.15) is 23.8 Å². The molecule has 0 fully saturated rings. The minimum atomic E-state index is -0.250. The third-order valence-corrected chi connectivity index (χ3v) is 2.76. The molecule has 1 aromatic heterocycles. The molecule has 4 heteroatoms. The molecule has 0 aliphatic heterocycles. The Morgan fingerprint density at radius 2 is 2.50 bits per heavy atom. The number of rotatable bonds is 5.